The Hall–Kier alpha value is -2.73. The van der Waals surface area contributed by atoms with E-state index < -0.39 is 0 Å². The molecule has 6 nitrogen and oxygen atoms in total. The first-order valence-corrected chi connectivity index (χ1v) is 6.71. The number of benzene rings is 2. The van der Waals surface area contributed by atoms with Crippen molar-refractivity contribution in [3.8, 4) is 5.75 Å². The van der Waals surface area contributed by atoms with Crippen LogP contribution >= 0.6 is 12.4 Å². The van der Waals surface area contributed by atoms with E-state index in [1.54, 1.807) is 31.4 Å². The van der Waals surface area contributed by atoms with E-state index in [-0.39, 0.29) is 24.3 Å². The number of anilines is 1. The third kappa shape index (κ3) is 5.19. The van der Waals surface area contributed by atoms with Crippen molar-refractivity contribution >= 4 is 30.0 Å². The van der Waals surface area contributed by atoms with Crippen LogP contribution in [0, 0.1) is 5.41 Å². The Labute approximate surface area is 141 Å². The molecule has 0 aliphatic rings. The van der Waals surface area contributed by atoms with Crippen molar-refractivity contribution in [3.05, 3.63) is 59.7 Å². The lowest BCUT2D eigenvalue weighted by Gasteiger charge is -2.10. The van der Waals surface area contributed by atoms with E-state index in [9.17, 15) is 4.79 Å². The standard InChI is InChI=1S/C16H18N4O2.ClH/c1-22-14-5-3-2-4-13(14)20-15(21)12-8-6-11(7-9-12)10-19-16(17)18;/h2-9H,10H2,1H3,(H,20,21)(H4,17,18,19);1H. The molecule has 7 heteroatoms. The van der Waals surface area contributed by atoms with Gasteiger partial charge in [-0.2, -0.15) is 0 Å². The molecule has 0 fully saturated rings. The third-order valence-corrected chi connectivity index (χ3v) is 3.05. The Balaban J connectivity index is 0.00000264. The molecular formula is C16H19ClN4O2. The summed E-state index contributed by atoms with van der Waals surface area (Å²) < 4.78 is 5.20. The van der Waals surface area contributed by atoms with Crippen molar-refractivity contribution in [1.29, 1.82) is 5.41 Å². The van der Waals surface area contributed by atoms with Gasteiger partial charge in [0.15, 0.2) is 5.96 Å². The van der Waals surface area contributed by atoms with E-state index in [0.29, 0.717) is 23.5 Å². The number of halogens is 1. The second-order valence-corrected chi connectivity index (χ2v) is 4.62. The van der Waals surface area contributed by atoms with Gasteiger partial charge in [0.05, 0.1) is 12.8 Å². The number of guanidine groups is 1. The summed E-state index contributed by atoms with van der Waals surface area (Å²) >= 11 is 0. The lowest BCUT2D eigenvalue weighted by atomic mass is 10.1. The molecule has 1 amide bonds. The fourth-order valence-electron chi connectivity index (χ4n) is 1.91. The first kappa shape index (κ1) is 18.3. The molecule has 122 valence electrons. The van der Waals surface area contributed by atoms with Crippen LogP contribution in [0.4, 0.5) is 5.69 Å². The number of para-hydroxylation sites is 2. The van der Waals surface area contributed by atoms with Gasteiger partial charge >= 0.3 is 0 Å². The van der Waals surface area contributed by atoms with Crippen LogP contribution < -0.4 is 21.1 Å². The van der Waals surface area contributed by atoms with Crippen LogP contribution in [-0.2, 0) is 6.54 Å². The predicted molar refractivity (Wildman–Crippen MR) is 93.4 cm³/mol. The number of amides is 1. The molecular weight excluding hydrogens is 316 g/mol. The van der Waals surface area contributed by atoms with Crippen molar-refractivity contribution in [1.82, 2.24) is 5.32 Å². The SMILES string of the molecule is COc1ccccc1NC(=O)c1ccc(CNC(=N)N)cc1.Cl. The van der Waals surface area contributed by atoms with Crippen molar-refractivity contribution in [2.24, 2.45) is 5.73 Å². The average molecular weight is 335 g/mol. The van der Waals surface area contributed by atoms with E-state index in [1.165, 1.54) is 0 Å². The maximum Gasteiger partial charge on any atom is 0.255 e. The summed E-state index contributed by atoms with van der Waals surface area (Å²) in [5.41, 5.74) is 7.32. The topological polar surface area (TPSA) is 100 Å². The van der Waals surface area contributed by atoms with Crippen LogP contribution in [0.2, 0.25) is 0 Å². The molecule has 2 aromatic rings. The number of hydrogen-bond donors (Lipinski definition) is 4. The zero-order valence-corrected chi connectivity index (χ0v) is 13.4. The Morgan fingerprint density at radius 1 is 1.17 bits per heavy atom. The highest BCUT2D eigenvalue weighted by atomic mass is 35.5. The van der Waals surface area contributed by atoms with Crippen molar-refractivity contribution < 1.29 is 9.53 Å². The number of nitrogens with one attached hydrogen (secondary N) is 3. The smallest absolute Gasteiger partial charge is 0.255 e. The molecule has 0 spiro atoms. The van der Waals surface area contributed by atoms with Gasteiger partial charge in [-0.05, 0) is 29.8 Å². The molecule has 2 rings (SSSR count). The van der Waals surface area contributed by atoms with Crippen LogP contribution in [0.25, 0.3) is 0 Å². The van der Waals surface area contributed by atoms with Crippen LogP contribution in [0.15, 0.2) is 48.5 Å². The number of nitrogens with two attached hydrogens (primary N) is 1. The number of carbonyl (C=O) groups is 1. The van der Waals surface area contributed by atoms with Crippen molar-refractivity contribution in [3.63, 3.8) is 0 Å². The Morgan fingerprint density at radius 2 is 1.83 bits per heavy atom. The van der Waals surface area contributed by atoms with E-state index >= 15 is 0 Å². The van der Waals surface area contributed by atoms with Crippen LogP contribution in [-0.4, -0.2) is 19.0 Å². The molecule has 23 heavy (non-hydrogen) atoms. The van der Waals surface area contributed by atoms with Gasteiger partial charge in [-0.15, -0.1) is 12.4 Å². The van der Waals surface area contributed by atoms with Crippen LogP contribution in [0.1, 0.15) is 15.9 Å². The normalized spacial score (nSPS) is 9.43. The van der Waals surface area contributed by atoms with Crippen molar-refractivity contribution in [2.45, 2.75) is 6.54 Å². The van der Waals surface area contributed by atoms with Crippen LogP contribution in [0.5, 0.6) is 5.75 Å². The summed E-state index contributed by atoms with van der Waals surface area (Å²) in [5, 5.41) is 12.6. The maximum absolute atomic E-state index is 12.2. The molecule has 0 aromatic heterocycles. The Morgan fingerprint density at radius 3 is 2.43 bits per heavy atom. The van der Waals surface area contributed by atoms with Gasteiger partial charge in [-0.1, -0.05) is 24.3 Å². The maximum atomic E-state index is 12.2. The molecule has 0 saturated carbocycles. The molecule has 0 unspecified atom stereocenters. The zero-order valence-electron chi connectivity index (χ0n) is 12.6. The monoisotopic (exact) mass is 334 g/mol. The minimum atomic E-state index is -0.212. The number of methoxy groups -OCH3 is 1. The van der Waals surface area contributed by atoms with Gasteiger partial charge in [0.2, 0.25) is 0 Å². The number of ether oxygens (including phenoxy) is 1. The predicted octanol–water partition coefficient (Wildman–Crippen LogP) is 2.35. The Kier molecular flexibility index (Phi) is 6.89. The molecule has 0 saturated heterocycles. The van der Waals surface area contributed by atoms with Gasteiger partial charge in [0.25, 0.3) is 5.91 Å². The fourth-order valence-corrected chi connectivity index (χ4v) is 1.91. The first-order valence-electron chi connectivity index (χ1n) is 6.71. The summed E-state index contributed by atoms with van der Waals surface area (Å²) in [5.74, 6) is 0.312. The summed E-state index contributed by atoms with van der Waals surface area (Å²) in [6, 6.07) is 14.3. The third-order valence-electron chi connectivity index (χ3n) is 3.05. The molecule has 2 aromatic carbocycles. The molecule has 0 atom stereocenters. The first-order chi connectivity index (χ1) is 10.6. The second-order valence-electron chi connectivity index (χ2n) is 4.62. The van der Waals surface area contributed by atoms with Gasteiger partial charge < -0.3 is 21.1 Å². The summed E-state index contributed by atoms with van der Waals surface area (Å²) in [6.07, 6.45) is 0. The average Bonchev–Trinajstić information content (AvgIpc) is 2.54. The zero-order chi connectivity index (χ0) is 15.9. The highest BCUT2D eigenvalue weighted by Gasteiger charge is 2.09. The van der Waals surface area contributed by atoms with Gasteiger partial charge in [-0.3, -0.25) is 10.2 Å². The highest BCUT2D eigenvalue weighted by molar-refractivity contribution is 6.05. The minimum absolute atomic E-state index is 0. The number of carbonyl (C=O) groups excluding carboxylic acids is 1. The summed E-state index contributed by atoms with van der Waals surface area (Å²) in [6.45, 7) is 0.448. The van der Waals surface area contributed by atoms with E-state index in [2.05, 4.69) is 10.6 Å². The lowest BCUT2D eigenvalue weighted by Crippen LogP contribution is -2.29. The second kappa shape index (κ2) is 8.65. The quantitative estimate of drug-likeness (QED) is 0.498. The van der Waals surface area contributed by atoms with Gasteiger partial charge in [0, 0.05) is 12.1 Å². The van der Waals surface area contributed by atoms with Crippen molar-refractivity contribution in [2.75, 3.05) is 12.4 Å². The Bertz CT molecular complexity index is 674. The summed E-state index contributed by atoms with van der Waals surface area (Å²) in [4.78, 5) is 12.2. The minimum Gasteiger partial charge on any atom is -0.495 e. The van der Waals surface area contributed by atoms with E-state index in [1.807, 2.05) is 24.3 Å². The number of hydrogen-bond acceptors (Lipinski definition) is 3. The molecule has 0 aliphatic carbocycles. The molecule has 5 N–H and O–H groups in total. The summed E-state index contributed by atoms with van der Waals surface area (Å²) in [7, 11) is 1.56. The fraction of sp³-hybridized carbons (Fsp3) is 0.125. The van der Waals surface area contributed by atoms with Gasteiger partial charge in [-0.25, -0.2) is 0 Å². The molecule has 0 aliphatic heterocycles. The molecule has 0 bridgehead atoms. The lowest BCUT2D eigenvalue weighted by molar-refractivity contribution is 0.102. The van der Waals surface area contributed by atoms with Gasteiger partial charge in [0.1, 0.15) is 5.75 Å². The highest BCUT2D eigenvalue weighted by Crippen LogP contribution is 2.23. The number of rotatable bonds is 5. The van der Waals surface area contributed by atoms with E-state index in [4.69, 9.17) is 15.9 Å². The largest absolute Gasteiger partial charge is 0.495 e. The molecule has 0 radical (unpaired) electrons. The van der Waals surface area contributed by atoms with E-state index in [0.717, 1.165) is 5.56 Å². The molecule has 0 heterocycles. The van der Waals surface area contributed by atoms with Crippen LogP contribution in [0.3, 0.4) is 0 Å².